The smallest absolute Gasteiger partial charge is 0.191 e. The van der Waals surface area contributed by atoms with Crippen LogP contribution < -0.4 is 10.5 Å². The second-order valence-corrected chi connectivity index (χ2v) is 5.79. The van der Waals surface area contributed by atoms with Crippen LogP contribution in [0.25, 0.3) is 0 Å². The molecule has 1 aromatic rings. The second-order valence-electron chi connectivity index (χ2n) is 5.79. The Morgan fingerprint density at radius 1 is 1.29 bits per heavy atom. The molecule has 2 rings (SSSR count). The molecule has 1 fully saturated rings. The number of likely N-dealkylation sites (N-methyl/N-ethyl adjacent to an activating group) is 1. The van der Waals surface area contributed by atoms with Crippen molar-refractivity contribution >= 4 is 5.96 Å². The Morgan fingerprint density at radius 3 is 2.38 bits per heavy atom. The number of rotatable bonds is 6. The fourth-order valence-corrected chi connectivity index (χ4v) is 2.33. The van der Waals surface area contributed by atoms with Gasteiger partial charge in [-0.15, -0.1) is 0 Å². The largest absolute Gasteiger partial charge is 0.497 e. The van der Waals surface area contributed by atoms with Crippen LogP contribution in [-0.4, -0.2) is 56.6 Å². The highest BCUT2D eigenvalue weighted by molar-refractivity contribution is 5.78. The lowest BCUT2D eigenvalue weighted by Gasteiger charge is -2.24. The molecule has 116 valence electrons. The third-order valence-corrected chi connectivity index (χ3v) is 4.01. The summed E-state index contributed by atoms with van der Waals surface area (Å²) in [5.74, 6) is 1.51. The van der Waals surface area contributed by atoms with E-state index in [4.69, 9.17) is 10.5 Å². The molecule has 5 heteroatoms. The number of guanidine groups is 1. The van der Waals surface area contributed by atoms with Crippen molar-refractivity contribution in [3.05, 3.63) is 29.8 Å². The quantitative estimate of drug-likeness (QED) is 0.640. The number of aliphatic imine (C=N–C) groups is 1. The monoisotopic (exact) mass is 290 g/mol. The number of hydrogen-bond acceptors (Lipinski definition) is 3. The van der Waals surface area contributed by atoms with E-state index in [0.29, 0.717) is 18.5 Å². The Morgan fingerprint density at radius 2 is 1.90 bits per heavy atom. The Bertz CT molecular complexity index is 480. The van der Waals surface area contributed by atoms with Crippen molar-refractivity contribution in [3.63, 3.8) is 0 Å². The summed E-state index contributed by atoms with van der Waals surface area (Å²) in [4.78, 5) is 8.82. The lowest BCUT2D eigenvalue weighted by molar-refractivity contribution is 0.305. The van der Waals surface area contributed by atoms with Gasteiger partial charge >= 0.3 is 0 Å². The van der Waals surface area contributed by atoms with E-state index >= 15 is 0 Å². The van der Waals surface area contributed by atoms with Gasteiger partial charge < -0.3 is 20.3 Å². The molecule has 1 aliphatic rings. The van der Waals surface area contributed by atoms with E-state index in [1.54, 1.807) is 7.11 Å². The summed E-state index contributed by atoms with van der Waals surface area (Å²) in [6.45, 7) is 0.655. The number of nitrogens with zero attached hydrogens (tertiary/aromatic N) is 3. The van der Waals surface area contributed by atoms with Crippen LogP contribution >= 0.6 is 0 Å². The normalized spacial score (nSPS) is 16.9. The molecule has 1 aliphatic carbocycles. The molecule has 0 saturated heterocycles. The molecule has 1 aromatic carbocycles. The first-order valence-electron chi connectivity index (χ1n) is 7.36. The molecule has 0 spiro atoms. The standard InChI is InChI=1S/C16H26N4O/c1-19(2)15(12-5-9-14(21-4)10-6-12)11-18-16(17)20(3)13-7-8-13/h5-6,9-10,13,15H,7-8,11H2,1-4H3,(H2,17,18). The van der Waals surface area contributed by atoms with Gasteiger partial charge in [0.25, 0.3) is 0 Å². The van der Waals surface area contributed by atoms with Crippen molar-refractivity contribution in [2.24, 2.45) is 10.7 Å². The summed E-state index contributed by atoms with van der Waals surface area (Å²) in [6.07, 6.45) is 2.45. The number of benzene rings is 1. The van der Waals surface area contributed by atoms with Crippen molar-refractivity contribution in [1.82, 2.24) is 9.80 Å². The Balaban J connectivity index is 2.05. The maximum absolute atomic E-state index is 6.07. The highest BCUT2D eigenvalue weighted by Crippen LogP contribution is 2.25. The predicted molar refractivity (Wildman–Crippen MR) is 86.7 cm³/mol. The fourth-order valence-electron chi connectivity index (χ4n) is 2.33. The van der Waals surface area contributed by atoms with Gasteiger partial charge in [-0.1, -0.05) is 12.1 Å². The average Bonchev–Trinajstić information content (AvgIpc) is 3.31. The molecule has 0 radical (unpaired) electrons. The van der Waals surface area contributed by atoms with Crippen LogP contribution in [-0.2, 0) is 0 Å². The van der Waals surface area contributed by atoms with Crippen molar-refractivity contribution in [3.8, 4) is 5.75 Å². The van der Waals surface area contributed by atoms with E-state index in [9.17, 15) is 0 Å². The minimum atomic E-state index is 0.210. The van der Waals surface area contributed by atoms with Crippen LogP contribution in [0.1, 0.15) is 24.4 Å². The Hall–Kier alpha value is -1.75. The lowest BCUT2D eigenvalue weighted by Crippen LogP contribution is -2.36. The van der Waals surface area contributed by atoms with E-state index in [1.165, 1.54) is 18.4 Å². The van der Waals surface area contributed by atoms with Crippen LogP contribution in [0.2, 0.25) is 0 Å². The molecule has 0 amide bonds. The van der Waals surface area contributed by atoms with Gasteiger partial charge in [0.2, 0.25) is 0 Å². The summed E-state index contributed by atoms with van der Waals surface area (Å²) in [6, 6.07) is 8.93. The predicted octanol–water partition coefficient (Wildman–Crippen LogP) is 1.71. The van der Waals surface area contributed by atoms with E-state index in [2.05, 4.69) is 41.0 Å². The maximum Gasteiger partial charge on any atom is 0.191 e. The van der Waals surface area contributed by atoms with Gasteiger partial charge in [0.05, 0.1) is 19.7 Å². The summed E-state index contributed by atoms with van der Waals surface area (Å²) < 4.78 is 5.20. The first-order valence-corrected chi connectivity index (χ1v) is 7.36. The molecule has 1 saturated carbocycles. The first kappa shape index (κ1) is 15.6. The molecule has 0 aliphatic heterocycles. The summed E-state index contributed by atoms with van der Waals surface area (Å²) in [5.41, 5.74) is 7.28. The van der Waals surface area contributed by atoms with E-state index in [-0.39, 0.29) is 6.04 Å². The molecule has 0 heterocycles. The van der Waals surface area contributed by atoms with Gasteiger partial charge in [-0.2, -0.15) is 0 Å². The fraction of sp³-hybridized carbons (Fsp3) is 0.562. The average molecular weight is 290 g/mol. The van der Waals surface area contributed by atoms with Crippen molar-refractivity contribution in [1.29, 1.82) is 0 Å². The topological polar surface area (TPSA) is 54.1 Å². The van der Waals surface area contributed by atoms with Crippen LogP contribution in [0.15, 0.2) is 29.3 Å². The maximum atomic E-state index is 6.07. The molecule has 2 N–H and O–H groups in total. The Labute approximate surface area is 127 Å². The molecule has 1 atom stereocenters. The van der Waals surface area contributed by atoms with Gasteiger partial charge in [0, 0.05) is 13.1 Å². The van der Waals surface area contributed by atoms with E-state index in [0.717, 1.165) is 5.75 Å². The number of hydrogen-bond donors (Lipinski definition) is 1. The number of methoxy groups -OCH3 is 1. The zero-order valence-electron chi connectivity index (χ0n) is 13.4. The first-order chi connectivity index (χ1) is 10.0. The van der Waals surface area contributed by atoms with E-state index < -0.39 is 0 Å². The third kappa shape index (κ3) is 4.11. The lowest BCUT2D eigenvalue weighted by atomic mass is 10.1. The van der Waals surface area contributed by atoms with Gasteiger partial charge in [-0.3, -0.25) is 4.99 Å². The molecule has 5 nitrogen and oxygen atoms in total. The summed E-state index contributed by atoms with van der Waals surface area (Å²) >= 11 is 0. The molecule has 1 unspecified atom stereocenters. The third-order valence-electron chi connectivity index (χ3n) is 4.01. The van der Waals surface area contributed by atoms with Crippen molar-refractivity contribution in [2.45, 2.75) is 24.9 Å². The summed E-state index contributed by atoms with van der Waals surface area (Å²) in [7, 11) is 7.82. The van der Waals surface area contributed by atoms with Gasteiger partial charge in [-0.05, 0) is 44.6 Å². The molecular formula is C16H26N4O. The SMILES string of the molecule is COc1ccc(C(CN=C(N)N(C)C2CC2)N(C)C)cc1. The van der Waals surface area contributed by atoms with Crippen LogP contribution in [0.3, 0.4) is 0 Å². The minimum absolute atomic E-state index is 0.210. The zero-order valence-corrected chi connectivity index (χ0v) is 13.4. The molecule has 21 heavy (non-hydrogen) atoms. The van der Waals surface area contributed by atoms with Gasteiger partial charge in [0.1, 0.15) is 5.75 Å². The van der Waals surface area contributed by atoms with E-state index in [1.807, 2.05) is 19.2 Å². The second kappa shape index (κ2) is 6.80. The van der Waals surface area contributed by atoms with Gasteiger partial charge in [0.15, 0.2) is 5.96 Å². The highest BCUT2D eigenvalue weighted by Gasteiger charge is 2.27. The molecule has 0 aromatic heterocycles. The summed E-state index contributed by atoms with van der Waals surface area (Å²) in [5, 5.41) is 0. The van der Waals surface area contributed by atoms with Gasteiger partial charge in [-0.25, -0.2) is 0 Å². The molecular weight excluding hydrogens is 264 g/mol. The van der Waals surface area contributed by atoms with Crippen LogP contribution in [0.5, 0.6) is 5.75 Å². The molecule has 0 bridgehead atoms. The van der Waals surface area contributed by atoms with Crippen molar-refractivity contribution < 1.29 is 4.74 Å². The highest BCUT2D eigenvalue weighted by atomic mass is 16.5. The zero-order chi connectivity index (χ0) is 15.4. The minimum Gasteiger partial charge on any atom is -0.497 e. The van der Waals surface area contributed by atoms with Crippen LogP contribution in [0, 0.1) is 0 Å². The number of ether oxygens (including phenoxy) is 1. The van der Waals surface area contributed by atoms with Crippen LogP contribution in [0.4, 0.5) is 0 Å². The number of nitrogens with two attached hydrogens (primary N) is 1. The Kier molecular flexibility index (Phi) is 5.07. The van der Waals surface area contributed by atoms with Crippen molar-refractivity contribution in [2.75, 3.05) is 34.8 Å².